The third-order valence-electron chi connectivity index (χ3n) is 8.39. The molecular formula is C32H30Cl2SiZr. The average Bonchev–Trinajstić information content (AvgIpc) is 3.42. The number of rotatable bonds is 3. The van der Waals surface area contributed by atoms with Crippen LogP contribution in [0.25, 0.3) is 16.7 Å². The molecule has 0 N–H and O–H groups in total. The topological polar surface area (TPSA) is 0 Å². The summed E-state index contributed by atoms with van der Waals surface area (Å²) in [5, 5.41) is 0. The molecule has 0 saturated carbocycles. The molecule has 4 heteroatoms. The molecule has 0 fully saturated rings. The average molecular weight is 605 g/mol. The van der Waals surface area contributed by atoms with Gasteiger partial charge in [-0.3, -0.25) is 0 Å². The minimum atomic E-state index is -4.70. The van der Waals surface area contributed by atoms with E-state index in [2.05, 4.69) is 124 Å². The zero-order chi connectivity index (χ0) is 25.3. The zero-order valence-electron chi connectivity index (χ0n) is 21.1. The van der Waals surface area contributed by atoms with Crippen LogP contribution in [0.2, 0.25) is 13.1 Å². The zero-order valence-corrected chi connectivity index (χ0v) is 26.1. The summed E-state index contributed by atoms with van der Waals surface area (Å²) in [6.07, 6.45) is 2.45. The molecule has 0 bridgehead atoms. The molecule has 4 aromatic carbocycles. The monoisotopic (exact) mass is 602 g/mol. The van der Waals surface area contributed by atoms with Gasteiger partial charge in [-0.15, -0.1) is 0 Å². The Morgan fingerprint density at radius 3 is 1.78 bits per heavy atom. The van der Waals surface area contributed by atoms with Gasteiger partial charge >= 0.3 is 224 Å². The molecule has 2 aliphatic carbocycles. The van der Waals surface area contributed by atoms with Crippen molar-refractivity contribution in [3.63, 3.8) is 0 Å². The number of halogens is 2. The molecule has 6 rings (SSSR count). The third-order valence-corrected chi connectivity index (χ3v) is 54.8. The summed E-state index contributed by atoms with van der Waals surface area (Å²) < 4.78 is 0.144. The van der Waals surface area contributed by atoms with E-state index in [9.17, 15) is 0 Å². The third kappa shape index (κ3) is 3.48. The van der Waals surface area contributed by atoms with Gasteiger partial charge in [-0.05, 0) is 0 Å². The summed E-state index contributed by atoms with van der Waals surface area (Å²) in [6.45, 7) is 9.08. The van der Waals surface area contributed by atoms with Gasteiger partial charge in [-0.25, -0.2) is 0 Å². The van der Waals surface area contributed by atoms with Crippen LogP contribution < -0.4 is 0 Å². The van der Waals surface area contributed by atoms with Crippen LogP contribution in [-0.2, 0) is 15.0 Å². The first-order valence-electron chi connectivity index (χ1n) is 12.7. The van der Waals surface area contributed by atoms with Gasteiger partial charge in [0, 0.05) is 0 Å². The number of hydrogen-bond acceptors (Lipinski definition) is 0. The Morgan fingerprint density at radius 2 is 1.19 bits per heavy atom. The Morgan fingerprint density at radius 1 is 0.639 bits per heavy atom. The van der Waals surface area contributed by atoms with Gasteiger partial charge in [0.1, 0.15) is 0 Å². The van der Waals surface area contributed by atoms with Crippen molar-refractivity contribution < 1.29 is 15.0 Å². The SMILES string of the molecule is Cc1ccc2c(c1)-c1cc(C)ccc1[CH]2[Zr]([Cl])([Cl])([CH]1C=C(c2ccccc2)c2ccccc21)=[Si](C)C. The van der Waals surface area contributed by atoms with Crippen LogP contribution in [0, 0.1) is 13.8 Å². The van der Waals surface area contributed by atoms with E-state index in [0.717, 1.165) is 0 Å². The minimum absolute atomic E-state index is 0.0662. The molecule has 2 aliphatic rings. The maximum atomic E-state index is 8.33. The van der Waals surface area contributed by atoms with Gasteiger partial charge < -0.3 is 0 Å². The fraction of sp³-hybridized carbons (Fsp3) is 0.188. The number of aryl methyl sites for hydroxylation is 2. The van der Waals surface area contributed by atoms with E-state index in [-0.39, 0.29) is 7.25 Å². The van der Waals surface area contributed by atoms with E-state index in [1.54, 1.807) is 0 Å². The summed E-state index contributed by atoms with van der Waals surface area (Å²) in [5.41, 5.74) is 11.9. The van der Waals surface area contributed by atoms with Crippen LogP contribution >= 0.6 is 17.0 Å². The Bertz CT molecular complexity index is 1590. The molecule has 0 aromatic heterocycles. The van der Waals surface area contributed by atoms with Gasteiger partial charge in [0.15, 0.2) is 0 Å². The molecule has 0 saturated heterocycles. The van der Waals surface area contributed by atoms with E-state index < -0.39 is 20.4 Å². The van der Waals surface area contributed by atoms with Crippen molar-refractivity contribution in [1.29, 1.82) is 0 Å². The summed E-state index contributed by atoms with van der Waals surface area (Å²) in [7, 11) is 16.7. The van der Waals surface area contributed by atoms with Gasteiger partial charge in [-0.2, -0.15) is 0 Å². The number of hydrogen-bond donors (Lipinski definition) is 0. The van der Waals surface area contributed by atoms with E-state index in [0.29, 0.717) is 0 Å². The van der Waals surface area contributed by atoms with E-state index in [4.69, 9.17) is 17.0 Å². The Hall–Kier alpha value is -1.70. The maximum absolute atomic E-state index is 8.33. The number of benzene rings is 4. The molecule has 0 aliphatic heterocycles. The molecule has 0 amide bonds. The van der Waals surface area contributed by atoms with Crippen LogP contribution in [-0.4, -0.2) is 5.43 Å². The Labute approximate surface area is 222 Å². The second kappa shape index (κ2) is 8.67. The summed E-state index contributed by atoms with van der Waals surface area (Å²) in [5.74, 6) is 0. The molecule has 1 unspecified atom stereocenters. The normalized spacial score (nSPS) is 16.9. The second-order valence-corrected chi connectivity index (χ2v) is 49.7. The van der Waals surface area contributed by atoms with Crippen molar-refractivity contribution in [2.75, 3.05) is 0 Å². The van der Waals surface area contributed by atoms with Crippen LogP contribution in [0.4, 0.5) is 0 Å². The molecule has 1 atom stereocenters. The molecular weight excluding hydrogens is 575 g/mol. The molecule has 36 heavy (non-hydrogen) atoms. The standard InChI is InChI=1S/C15H13.C15H11.C2H6Si.2ClH.Zr/c1-10-3-5-12-9-13-6-4-11(2)8-15(13)14(12)7-10;1-2-6-12(7-3-1)15-11-10-13-8-4-5-9-14(13)15;1-3-2;;;/h3-9H,1-2H3;1-11H;1-2H3;2*1H;/q;;;;;+2/p-2. The fourth-order valence-corrected chi connectivity index (χ4v) is 32.8. The Kier molecular flexibility index (Phi) is 5.93. The first-order chi connectivity index (χ1) is 17.2. The predicted octanol–water partition coefficient (Wildman–Crippen LogP) is 9.81. The first kappa shape index (κ1) is 24.6. The van der Waals surface area contributed by atoms with Gasteiger partial charge in [0.25, 0.3) is 0 Å². The van der Waals surface area contributed by atoms with Gasteiger partial charge in [0.2, 0.25) is 0 Å². The molecule has 180 valence electrons. The van der Waals surface area contributed by atoms with Crippen molar-refractivity contribution in [1.82, 2.24) is 0 Å². The van der Waals surface area contributed by atoms with Crippen LogP contribution in [0.5, 0.6) is 0 Å². The van der Waals surface area contributed by atoms with Gasteiger partial charge in [0.05, 0.1) is 0 Å². The van der Waals surface area contributed by atoms with Crippen molar-refractivity contribution in [3.05, 3.63) is 136 Å². The predicted molar refractivity (Wildman–Crippen MR) is 155 cm³/mol. The van der Waals surface area contributed by atoms with Gasteiger partial charge in [-0.1, -0.05) is 0 Å². The van der Waals surface area contributed by atoms with Crippen LogP contribution in [0.3, 0.4) is 0 Å². The molecule has 4 aromatic rings. The van der Waals surface area contributed by atoms with Crippen molar-refractivity contribution in [2.45, 2.75) is 34.2 Å². The van der Waals surface area contributed by atoms with Crippen molar-refractivity contribution >= 4 is 28.0 Å². The molecule has 0 radical (unpaired) electrons. The van der Waals surface area contributed by atoms with Crippen LogP contribution in [0.15, 0.2) is 97.1 Å². The van der Waals surface area contributed by atoms with E-state index >= 15 is 0 Å². The first-order valence-corrected chi connectivity index (χ1v) is 28.0. The number of fused-ring (bicyclic) bond motifs is 4. The summed E-state index contributed by atoms with van der Waals surface area (Å²) in [4.78, 5) is 0. The van der Waals surface area contributed by atoms with E-state index in [1.807, 2.05) is 0 Å². The fourth-order valence-electron chi connectivity index (χ4n) is 6.49. The Balaban J connectivity index is 1.68. The molecule has 0 nitrogen and oxygen atoms in total. The van der Waals surface area contributed by atoms with Crippen LogP contribution in [0.1, 0.15) is 46.2 Å². The number of allylic oxidation sites excluding steroid dienone is 1. The van der Waals surface area contributed by atoms with Crippen molar-refractivity contribution in [3.8, 4) is 11.1 Å². The summed E-state index contributed by atoms with van der Waals surface area (Å²) >= 11 is -4.70. The van der Waals surface area contributed by atoms with Crippen molar-refractivity contribution in [2.24, 2.45) is 0 Å². The quantitative estimate of drug-likeness (QED) is 0.204. The molecule has 0 heterocycles. The molecule has 0 spiro atoms. The van der Waals surface area contributed by atoms with E-state index in [1.165, 1.54) is 55.6 Å². The summed E-state index contributed by atoms with van der Waals surface area (Å²) in [6, 6.07) is 33.3. The second-order valence-electron chi connectivity index (χ2n) is 10.8.